The summed E-state index contributed by atoms with van der Waals surface area (Å²) in [5.41, 5.74) is 2.97. The van der Waals surface area contributed by atoms with Crippen LogP contribution in [-0.2, 0) is 11.2 Å². The van der Waals surface area contributed by atoms with Crippen LogP contribution in [0.4, 0.5) is 5.69 Å². The Balaban J connectivity index is 1.36. The molecule has 1 aliphatic heterocycles. The number of carbonyl (C=O) groups is 2. The molecule has 3 aromatic rings. The molecule has 0 bridgehead atoms. The zero-order chi connectivity index (χ0) is 18.6. The fourth-order valence-corrected chi connectivity index (χ4v) is 3.10. The lowest BCUT2D eigenvalue weighted by atomic mass is 10.2. The predicted octanol–water partition coefficient (Wildman–Crippen LogP) is 0.638. The average molecular weight is 364 g/mol. The molecule has 8 heteroatoms. The van der Waals surface area contributed by atoms with Crippen molar-refractivity contribution in [1.82, 2.24) is 25.0 Å². The molecule has 1 aliphatic rings. The van der Waals surface area contributed by atoms with E-state index in [1.54, 1.807) is 12.3 Å². The fourth-order valence-electron chi connectivity index (χ4n) is 3.10. The van der Waals surface area contributed by atoms with Gasteiger partial charge in [0, 0.05) is 50.3 Å². The molecule has 0 aliphatic carbocycles. The number of anilines is 1. The zero-order valence-corrected chi connectivity index (χ0v) is 14.8. The monoisotopic (exact) mass is 364 g/mol. The molecular weight excluding hydrogens is 344 g/mol. The van der Waals surface area contributed by atoms with Crippen LogP contribution in [0.25, 0.3) is 5.65 Å². The maximum absolute atomic E-state index is 12.4. The molecule has 8 nitrogen and oxygen atoms in total. The lowest BCUT2D eigenvalue weighted by Crippen LogP contribution is -2.47. The summed E-state index contributed by atoms with van der Waals surface area (Å²) in [6.45, 7) is 2.08. The van der Waals surface area contributed by atoms with E-state index in [1.165, 1.54) is 0 Å². The maximum atomic E-state index is 12.4. The summed E-state index contributed by atoms with van der Waals surface area (Å²) in [5, 5.41) is 5.67. The van der Waals surface area contributed by atoms with Gasteiger partial charge in [0.1, 0.15) is 11.3 Å². The fraction of sp³-hybridized carbons (Fsp3) is 0.263. The van der Waals surface area contributed by atoms with E-state index in [9.17, 15) is 9.59 Å². The third-order valence-electron chi connectivity index (χ3n) is 4.46. The molecule has 1 fully saturated rings. The van der Waals surface area contributed by atoms with Gasteiger partial charge in [-0.05, 0) is 24.3 Å². The van der Waals surface area contributed by atoms with E-state index in [1.807, 2.05) is 46.0 Å². The molecule has 0 saturated carbocycles. The number of hydrogen-bond acceptors (Lipinski definition) is 5. The number of nitrogens with zero attached hydrogens (tertiary/aromatic N) is 4. The van der Waals surface area contributed by atoms with Crippen LogP contribution in [0.2, 0.25) is 0 Å². The highest BCUT2D eigenvalue weighted by Crippen LogP contribution is 2.15. The number of hydrogen-bond donors (Lipinski definition) is 2. The second-order valence-electron chi connectivity index (χ2n) is 6.38. The van der Waals surface area contributed by atoms with Gasteiger partial charge in [-0.2, -0.15) is 0 Å². The summed E-state index contributed by atoms with van der Waals surface area (Å²) >= 11 is 0. The molecule has 4 heterocycles. The van der Waals surface area contributed by atoms with Crippen LogP contribution in [0.15, 0.2) is 48.9 Å². The average Bonchev–Trinajstić information content (AvgIpc) is 3.11. The third kappa shape index (κ3) is 3.89. The quantitative estimate of drug-likeness (QED) is 0.693. The van der Waals surface area contributed by atoms with Crippen molar-refractivity contribution in [3.63, 3.8) is 0 Å². The number of nitrogens with one attached hydrogen (secondary N) is 2. The van der Waals surface area contributed by atoms with Crippen molar-refractivity contribution in [2.75, 3.05) is 31.1 Å². The van der Waals surface area contributed by atoms with Gasteiger partial charge >= 0.3 is 0 Å². The first-order chi connectivity index (χ1) is 13.2. The van der Waals surface area contributed by atoms with Gasteiger partial charge < -0.3 is 19.9 Å². The lowest BCUT2D eigenvalue weighted by Gasteiger charge is -2.28. The van der Waals surface area contributed by atoms with Crippen molar-refractivity contribution in [3.8, 4) is 0 Å². The van der Waals surface area contributed by atoms with Crippen molar-refractivity contribution >= 4 is 23.1 Å². The van der Waals surface area contributed by atoms with Crippen LogP contribution < -0.4 is 15.5 Å². The number of imidazole rings is 1. The standard InChI is InChI=1S/C19H20N6O2/c26-18-13-24(10-8-21-18)15-5-7-20-16(11-15)19(27)22-6-4-14-12-25-9-2-1-3-17(25)23-14/h1-3,5,7,9,11-12H,4,6,8,10,13H2,(H,21,26)(H,22,27). The molecule has 0 radical (unpaired) electrons. The first-order valence-corrected chi connectivity index (χ1v) is 8.87. The van der Waals surface area contributed by atoms with Crippen LogP contribution in [0.5, 0.6) is 0 Å². The summed E-state index contributed by atoms with van der Waals surface area (Å²) in [4.78, 5) is 34.6. The molecular formula is C19H20N6O2. The van der Waals surface area contributed by atoms with Crippen molar-refractivity contribution in [2.24, 2.45) is 0 Å². The molecule has 2 amide bonds. The number of rotatable bonds is 5. The largest absolute Gasteiger partial charge is 0.360 e. The van der Waals surface area contributed by atoms with Gasteiger partial charge in [-0.1, -0.05) is 6.07 Å². The van der Waals surface area contributed by atoms with Crippen molar-refractivity contribution < 1.29 is 9.59 Å². The lowest BCUT2D eigenvalue weighted by molar-refractivity contribution is -0.120. The minimum atomic E-state index is -0.234. The second-order valence-corrected chi connectivity index (χ2v) is 6.38. The number of carbonyl (C=O) groups excluding carboxylic acids is 2. The molecule has 0 spiro atoms. The highest BCUT2D eigenvalue weighted by molar-refractivity contribution is 5.93. The number of aromatic nitrogens is 3. The van der Waals surface area contributed by atoms with Gasteiger partial charge in [-0.15, -0.1) is 0 Å². The predicted molar refractivity (Wildman–Crippen MR) is 101 cm³/mol. The summed E-state index contributed by atoms with van der Waals surface area (Å²) in [7, 11) is 0. The molecule has 3 aromatic heterocycles. The van der Waals surface area contributed by atoms with Crippen molar-refractivity contribution in [2.45, 2.75) is 6.42 Å². The Morgan fingerprint density at radius 1 is 1.30 bits per heavy atom. The molecule has 4 rings (SSSR count). The highest BCUT2D eigenvalue weighted by atomic mass is 16.2. The van der Waals surface area contributed by atoms with Gasteiger partial charge in [0.25, 0.3) is 5.91 Å². The van der Waals surface area contributed by atoms with E-state index < -0.39 is 0 Å². The third-order valence-corrected chi connectivity index (χ3v) is 4.46. The maximum Gasteiger partial charge on any atom is 0.269 e. The van der Waals surface area contributed by atoms with Gasteiger partial charge in [0.05, 0.1) is 12.2 Å². The summed E-state index contributed by atoms with van der Waals surface area (Å²) in [6, 6.07) is 9.37. The normalized spacial score (nSPS) is 14.2. The van der Waals surface area contributed by atoms with E-state index in [4.69, 9.17) is 0 Å². The number of fused-ring (bicyclic) bond motifs is 1. The molecule has 0 unspecified atom stereocenters. The molecule has 2 N–H and O–H groups in total. The topological polar surface area (TPSA) is 91.6 Å². The molecule has 27 heavy (non-hydrogen) atoms. The zero-order valence-electron chi connectivity index (χ0n) is 14.8. The van der Waals surface area contributed by atoms with Gasteiger partial charge in [0.15, 0.2) is 0 Å². The Bertz CT molecular complexity index is 950. The molecule has 138 valence electrons. The van der Waals surface area contributed by atoms with E-state index in [0.717, 1.165) is 17.0 Å². The van der Waals surface area contributed by atoms with E-state index >= 15 is 0 Å². The van der Waals surface area contributed by atoms with Crippen LogP contribution in [0.3, 0.4) is 0 Å². The second kappa shape index (κ2) is 7.45. The van der Waals surface area contributed by atoms with Crippen LogP contribution in [0.1, 0.15) is 16.2 Å². The smallest absolute Gasteiger partial charge is 0.269 e. The molecule has 0 atom stereocenters. The molecule has 1 saturated heterocycles. The van der Waals surface area contributed by atoms with E-state index in [0.29, 0.717) is 38.3 Å². The number of amides is 2. The molecule has 0 aromatic carbocycles. The Hall–Kier alpha value is -3.42. The summed E-state index contributed by atoms with van der Waals surface area (Å²) < 4.78 is 1.96. The Morgan fingerprint density at radius 2 is 2.22 bits per heavy atom. The Kier molecular flexibility index (Phi) is 4.69. The number of pyridine rings is 2. The minimum Gasteiger partial charge on any atom is -0.360 e. The van der Waals surface area contributed by atoms with Crippen LogP contribution in [-0.4, -0.2) is 52.4 Å². The van der Waals surface area contributed by atoms with Crippen molar-refractivity contribution in [3.05, 3.63) is 60.3 Å². The Labute approximate surface area is 156 Å². The highest BCUT2D eigenvalue weighted by Gasteiger charge is 2.18. The van der Waals surface area contributed by atoms with Crippen LogP contribution in [0, 0.1) is 0 Å². The SMILES string of the molecule is O=C1CN(c2ccnc(C(=O)NCCc3cn4ccccc4n3)c2)CCN1. The first kappa shape index (κ1) is 17.0. The van der Waals surface area contributed by atoms with Crippen molar-refractivity contribution in [1.29, 1.82) is 0 Å². The first-order valence-electron chi connectivity index (χ1n) is 8.87. The summed E-state index contributed by atoms with van der Waals surface area (Å²) in [6.07, 6.45) is 6.14. The summed E-state index contributed by atoms with van der Waals surface area (Å²) in [5.74, 6) is -0.251. The Morgan fingerprint density at radius 3 is 3.07 bits per heavy atom. The van der Waals surface area contributed by atoms with Gasteiger partial charge in [0.2, 0.25) is 5.91 Å². The van der Waals surface area contributed by atoms with E-state index in [-0.39, 0.29) is 11.8 Å². The minimum absolute atomic E-state index is 0.0171. The van der Waals surface area contributed by atoms with Gasteiger partial charge in [-0.3, -0.25) is 14.6 Å². The van der Waals surface area contributed by atoms with Crippen LogP contribution >= 0.6 is 0 Å². The van der Waals surface area contributed by atoms with E-state index in [2.05, 4.69) is 20.6 Å². The number of piperazine rings is 1. The van der Waals surface area contributed by atoms with Gasteiger partial charge in [-0.25, -0.2) is 4.98 Å².